The standard InChI is InChI=1S/2C12H8Br2.O2S/c2*13-10-5-3-4-9(8-10)11-6-1-2-7-12(11)14;1-3-2/h2*1-8H;. The first kappa shape index (κ1) is 25.9. The summed E-state index contributed by atoms with van der Waals surface area (Å²) in [7, 11) is 0. The summed E-state index contributed by atoms with van der Waals surface area (Å²) in [5.41, 5.74) is 4.86. The molecule has 4 rings (SSSR count). The molecule has 0 amide bonds. The highest BCUT2D eigenvalue weighted by Gasteiger charge is 2.02. The summed E-state index contributed by atoms with van der Waals surface area (Å²) in [5.74, 6) is 0. The third-order valence-electron chi connectivity index (χ3n) is 4.02. The van der Waals surface area contributed by atoms with Gasteiger partial charge in [0.05, 0.1) is 0 Å². The topological polar surface area (TPSA) is 34.1 Å². The smallest absolute Gasteiger partial charge is 0.168 e. The van der Waals surface area contributed by atoms with Crippen LogP contribution in [0.5, 0.6) is 0 Å². The van der Waals surface area contributed by atoms with Crippen molar-refractivity contribution in [3.8, 4) is 22.3 Å². The Hall–Kier alpha value is -1.38. The molecule has 4 aromatic carbocycles. The summed E-state index contributed by atoms with van der Waals surface area (Å²) in [6.07, 6.45) is 0. The molecule has 0 fully saturated rings. The minimum absolute atomic E-state index is 0.750. The van der Waals surface area contributed by atoms with Gasteiger partial charge in [0.2, 0.25) is 0 Å². The van der Waals surface area contributed by atoms with Gasteiger partial charge in [-0.25, -0.2) is 0 Å². The molecular weight excluding hydrogens is 672 g/mol. The quantitative estimate of drug-likeness (QED) is 0.211. The third-order valence-corrected chi connectivity index (χ3v) is 6.39. The molecule has 31 heavy (non-hydrogen) atoms. The van der Waals surface area contributed by atoms with Crippen LogP contribution in [0.15, 0.2) is 115 Å². The van der Waals surface area contributed by atoms with E-state index in [1.54, 1.807) is 0 Å². The molecule has 0 unspecified atom stereocenters. The average molecular weight is 688 g/mol. The van der Waals surface area contributed by atoms with Crippen molar-refractivity contribution in [2.24, 2.45) is 0 Å². The lowest BCUT2D eigenvalue weighted by Gasteiger charge is -2.04. The van der Waals surface area contributed by atoms with Gasteiger partial charge < -0.3 is 0 Å². The molecule has 0 saturated heterocycles. The first-order valence-corrected chi connectivity index (χ1v) is 12.7. The van der Waals surface area contributed by atoms with Crippen LogP contribution >= 0.6 is 63.7 Å². The van der Waals surface area contributed by atoms with Gasteiger partial charge in [0.15, 0.2) is 0 Å². The van der Waals surface area contributed by atoms with Crippen molar-refractivity contribution < 1.29 is 8.42 Å². The Bertz CT molecular complexity index is 1090. The van der Waals surface area contributed by atoms with E-state index in [2.05, 4.69) is 112 Å². The van der Waals surface area contributed by atoms with Crippen LogP contribution in [0.1, 0.15) is 0 Å². The van der Waals surface area contributed by atoms with E-state index in [4.69, 9.17) is 8.42 Å². The number of hydrogen-bond acceptors (Lipinski definition) is 2. The molecule has 0 N–H and O–H groups in total. The normalized spacial score (nSPS) is 9.55. The molecule has 0 spiro atoms. The van der Waals surface area contributed by atoms with Gasteiger partial charge in [0.25, 0.3) is 0 Å². The summed E-state index contributed by atoms with van der Waals surface area (Å²) < 4.78 is 21.0. The zero-order valence-electron chi connectivity index (χ0n) is 16.0. The van der Waals surface area contributed by atoms with Gasteiger partial charge in [-0.05, 0) is 58.7 Å². The van der Waals surface area contributed by atoms with Crippen LogP contribution in [-0.4, -0.2) is 8.42 Å². The largest absolute Gasteiger partial charge is 0.335 e. The highest BCUT2D eigenvalue weighted by Crippen LogP contribution is 2.30. The van der Waals surface area contributed by atoms with Crippen LogP contribution in [0.25, 0.3) is 22.3 Å². The average Bonchev–Trinajstić information content (AvgIpc) is 2.75. The first-order valence-electron chi connectivity index (χ1n) is 8.89. The molecule has 7 heteroatoms. The molecule has 0 aliphatic rings. The summed E-state index contributed by atoms with van der Waals surface area (Å²) in [6.45, 7) is 0. The second kappa shape index (κ2) is 13.9. The molecule has 0 heterocycles. The van der Waals surface area contributed by atoms with Crippen LogP contribution in [-0.2, 0) is 11.6 Å². The highest BCUT2D eigenvalue weighted by molar-refractivity contribution is 9.11. The highest BCUT2D eigenvalue weighted by atomic mass is 79.9. The van der Waals surface area contributed by atoms with Crippen molar-refractivity contribution in [1.82, 2.24) is 0 Å². The Morgan fingerprint density at radius 2 is 0.839 bits per heavy atom. The van der Waals surface area contributed by atoms with E-state index in [1.807, 2.05) is 48.5 Å². The number of hydrogen-bond donors (Lipinski definition) is 0. The van der Waals surface area contributed by atoms with Crippen molar-refractivity contribution >= 4 is 75.3 Å². The van der Waals surface area contributed by atoms with Crippen LogP contribution in [0.4, 0.5) is 0 Å². The van der Waals surface area contributed by atoms with Gasteiger partial charge in [-0.15, -0.1) is 0 Å². The van der Waals surface area contributed by atoms with E-state index in [0.29, 0.717) is 0 Å². The van der Waals surface area contributed by atoms with Gasteiger partial charge in [0.1, 0.15) is 0 Å². The summed E-state index contributed by atoms with van der Waals surface area (Å²) in [4.78, 5) is 0. The molecule has 0 aromatic heterocycles. The minimum Gasteiger partial charge on any atom is -0.168 e. The maximum absolute atomic E-state index is 8.29. The lowest BCUT2D eigenvalue weighted by atomic mass is 10.1. The third kappa shape index (κ3) is 8.58. The Morgan fingerprint density at radius 3 is 1.16 bits per heavy atom. The van der Waals surface area contributed by atoms with E-state index < -0.39 is 11.6 Å². The number of halogens is 4. The molecule has 4 aromatic rings. The van der Waals surface area contributed by atoms with Gasteiger partial charge in [0, 0.05) is 17.9 Å². The molecule has 158 valence electrons. The lowest BCUT2D eigenvalue weighted by molar-refractivity contribution is 0.630. The molecule has 0 saturated carbocycles. The van der Waals surface area contributed by atoms with E-state index in [1.165, 1.54) is 22.3 Å². The van der Waals surface area contributed by atoms with Crippen LogP contribution < -0.4 is 0 Å². The lowest BCUT2D eigenvalue weighted by Crippen LogP contribution is -1.78. The zero-order chi connectivity index (χ0) is 22.6. The molecule has 0 aliphatic heterocycles. The second-order valence-corrected chi connectivity index (χ2v) is 9.72. The maximum atomic E-state index is 8.29. The number of benzene rings is 4. The molecular formula is C24H16Br4O2S. The molecule has 2 nitrogen and oxygen atoms in total. The predicted octanol–water partition coefficient (Wildman–Crippen LogP) is 9.09. The molecule has 0 radical (unpaired) electrons. The van der Waals surface area contributed by atoms with E-state index in [9.17, 15) is 0 Å². The fourth-order valence-electron chi connectivity index (χ4n) is 2.70. The van der Waals surface area contributed by atoms with Crippen molar-refractivity contribution in [3.63, 3.8) is 0 Å². The Balaban J connectivity index is 0.000000196. The van der Waals surface area contributed by atoms with Crippen molar-refractivity contribution in [2.45, 2.75) is 0 Å². The van der Waals surface area contributed by atoms with E-state index >= 15 is 0 Å². The van der Waals surface area contributed by atoms with E-state index in [-0.39, 0.29) is 0 Å². The van der Waals surface area contributed by atoms with E-state index in [0.717, 1.165) is 17.9 Å². The SMILES string of the molecule is Brc1cccc(-c2ccccc2Br)c1.Brc1cccc(-c2ccccc2Br)c1.O=S=O. The summed E-state index contributed by atoms with van der Waals surface area (Å²) in [5, 5.41) is 0. The summed E-state index contributed by atoms with van der Waals surface area (Å²) >= 11 is 13.3. The zero-order valence-corrected chi connectivity index (χ0v) is 23.1. The monoisotopic (exact) mass is 684 g/mol. The number of rotatable bonds is 2. The van der Waals surface area contributed by atoms with Crippen LogP contribution in [0, 0.1) is 0 Å². The molecule has 0 aliphatic carbocycles. The van der Waals surface area contributed by atoms with Crippen molar-refractivity contribution in [2.75, 3.05) is 0 Å². The minimum atomic E-state index is -0.750. The van der Waals surface area contributed by atoms with Gasteiger partial charge >= 0.3 is 11.6 Å². The van der Waals surface area contributed by atoms with Gasteiger partial charge in [-0.2, -0.15) is 8.42 Å². The van der Waals surface area contributed by atoms with Gasteiger partial charge in [-0.3, -0.25) is 0 Å². The van der Waals surface area contributed by atoms with Gasteiger partial charge in [-0.1, -0.05) is 124 Å². The molecule has 0 atom stereocenters. The van der Waals surface area contributed by atoms with Crippen molar-refractivity contribution in [3.05, 3.63) is 115 Å². The van der Waals surface area contributed by atoms with Crippen LogP contribution in [0.2, 0.25) is 0 Å². The summed E-state index contributed by atoms with van der Waals surface area (Å²) in [6, 6.07) is 33.0. The predicted molar refractivity (Wildman–Crippen MR) is 143 cm³/mol. The van der Waals surface area contributed by atoms with Crippen molar-refractivity contribution in [1.29, 1.82) is 0 Å². The fourth-order valence-corrected chi connectivity index (χ4v) is 4.53. The Labute approximate surface area is 219 Å². The second-order valence-electron chi connectivity index (χ2n) is 6.05. The fraction of sp³-hybridized carbons (Fsp3) is 0. The first-order chi connectivity index (χ1) is 15.0. The Morgan fingerprint density at radius 1 is 0.484 bits per heavy atom. The van der Waals surface area contributed by atoms with Crippen LogP contribution in [0.3, 0.4) is 0 Å². The Kier molecular flexibility index (Phi) is 11.6. The molecule has 0 bridgehead atoms. The maximum Gasteiger partial charge on any atom is 0.335 e.